The van der Waals surface area contributed by atoms with Crippen LogP contribution in [-0.2, 0) is 4.79 Å². The minimum atomic E-state index is -0.785. The molecule has 0 spiro atoms. The lowest BCUT2D eigenvalue weighted by atomic mass is 9.79. The monoisotopic (exact) mass is 312 g/mol. The molecule has 2 N–H and O–H groups in total. The molecule has 2 atom stereocenters. The van der Waals surface area contributed by atoms with Crippen molar-refractivity contribution in [2.45, 2.75) is 25.7 Å². The van der Waals surface area contributed by atoms with Gasteiger partial charge in [0.25, 0.3) is 5.69 Å². The number of aliphatic carboxylic acids is 1. The van der Waals surface area contributed by atoms with Gasteiger partial charge in [0, 0.05) is 17.6 Å². The van der Waals surface area contributed by atoms with Crippen molar-refractivity contribution in [1.82, 2.24) is 0 Å². The molecule has 0 bridgehead atoms. The quantitative estimate of drug-likeness (QED) is 0.640. The first-order valence-electron chi connectivity index (χ1n) is 6.89. The number of benzene rings is 1. The van der Waals surface area contributed by atoms with Crippen LogP contribution in [0.15, 0.2) is 18.2 Å². The number of hydrogen-bond donors (Lipinski definition) is 2. The van der Waals surface area contributed by atoms with Crippen molar-refractivity contribution in [1.29, 1.82) is 0 Å². The molecule has 1 aliphatic rings. The van der Waals surface area contributed by atoms with Gasteiger partial charge in [0.2, 0.25) is 0 Å². The van der Waals surface area contributed by atoms with E-state index in [1.54, 1.807) is 12.1 Å². The summed E-state index contributed by atoms with van der Waals surface area (Å²) in [5.41, 5.74) is 0.282. The normalized spacial score (nSPS) is 21.8. The minimum absolute atomic E-state index is 0.00784. The Labute approximate surface area is 127 Å². The summed E-state index contributed by atoms with van der Waals surface area (Å²) in [6.45, 7) is 0.416. The Kier molecular flexibility index (Phi) is 5.01. The number of halogens is 1. The average molecular weight is 313 g/mol. The second kappa shape index (κ2) is 6.76. The van der Waals surface area contributed by atoms with Crippen LogP contribution in [0.2, 0.25) is 5.02 Å². The Morgan fingerprint density at radius 2 is 2.14 bits per heavy atom. The van der Waals surface area contributed by atoms with Crippen LogP contribution >= 0.6 is 11.6 Å². The van der Waals surface area contributed by atoms with Crippen LogP contribution in [0.5, 0.6) is 0 Å². The summed E-state index contributed by atoms with van der Waals surface area (Å²) in [6.07, 6.45) is 3.42. The maximum absolute atomic E-state index is 11.2. The van der Waals surface area contributed by atoms with Crippen molar-refractivity contribution in [3.05, 3.63) is 33.3 Å². The molecule has 7 heteroatoms. The molecule has 114 valence electrons. The fraction of sp³-hybridized carbons (Fsp3) is 0.500. The second-order valence-corrected chi connectivity index (χ2v) is 5.73. The first-order chi connectivity index (χ1) is 9.99. The molecule has 1 aromatic rings. The highest BCUT2D eigenvalue weighted by Crippen LogP contribution is 2.32. The van der Waals surface area contributed by atoms with E-state index in [1.165, 1.54) is 6.07 Å². The molecule has 0 aromatic heterocycles. The van der Waals surface area contributed by atoms with Gasteiger partial charge in [-0.2, -0.15) is 0 Å². The first kappa shape index (κ1) is 15.6. The van der Waals surface area contributed by atoms with Gasteiger partial charge in [0.15, 0.2) is 0 Å². The fourth-order valence-electron chi connectivity index (χ4n) is 2.82. The Hall–Kier alpha value is -1.82. The lowest BCUT2D eigenvalue weighted by Gasteiger charge is -2.28. The summed E-state index contributed by atoms with van der Waals surface area (Å²) in [5, 5.41) is 23.6. The third-order valence-electron chi connectivity index (χ3n) is 3.94. The molecular weight excluding hydrogens is 296 g/mol. The van der Waals surface area contributed by atoms with Crippen LogP contribution in [0.3, 0.4) is 0 Å². The van der Waals surface area contributed by atoms with Crippen molar-refractivity contribution in [2.24, 2.45) is 11.8 Å². The molecule has 1 aromatic carbocycles. The third kappa shape index (κ3) is 3.85. The van der Waals surface area contributed by atoms with E-state index < -0.39 is 10.9 Å². The summed E-state index contributed by atoms with van der Waals surface area (Å²) >= 11 is 5.76. The number of rotatable bonds is 5. The fourth-order valence-corrected chi connectivity index (χ4v) is 2.99. The van der Waals surface area contributed by atoms with Crippen molar-refractivity contribution in [2.75, 3.05) is 11.9 Å². The van der Waals surface area contributed by atoms with Gasteiger partial charge in [0.05, 0.1) is 10.8 Å². The Morgan fingerprint density at radius 3 is 2.81 bits per heavy atom. The van der Waals surface area contributed by atoms with Gasteiger partial charge in [0.1, 0.15) is 5.69 Å². The molecular formula is C14H17ClN2O4. The number of carboxylic acids is 1. The number of carboxylic acid groups (broad SMARTS) is 1. The topological polar surface area (TPSA) is 92.5 Å². The molecule has 0 aliphatic heterocycles. The van der Waals surface area contributed by atoms with Crippen molar-refractivity contribution in [3.8, 4) is 0 Å². The van der Waals surface area contributed by atoms with Gasteiger partial charge < -0.3 is 10.4 Å². The van der Waals surface area contributed by atoms with E-state index in [2.05, 4.69) is 5.32 Å². The highest BCUT2D eigenvalue weighted by molar-refractivity contribution is 6.30. The van der Waals surface area contributed by atoms with E-state index in [0.29, 0.717) is 23.7 Å². The molecule has 1 fully saturated rings. The van der Waals surface area contributed by atoms with Crippen molar-refractivity contribution in [3.63, 3.8) is 0 Å². The molecule has 2 rings (SSSR count). The minimum Gasteiger partial charge on any atom is -0.481 e. The number of carbonyl (C=O) groups is 1. The summed E-state index contributed by atoms with van der Waals surface area (Å²) in [4.78, 5) is 21.8. The zero-order valence-electron chi connectivity index (χ0n) is 11.4. The molecule has 1 saturated carbocycles. The van der Waals surface area contributed by atoms with E-state index in [1.807, 2.05) is 0 Å². The maximum atomic E-state index is 11.2. The number of nitro benzene ring substituents is 1. The highest BCUT2D eigenvalue weighted by atomic mass is 35.5. The van der Waals surface area contributed by atoms with Crippen LogP contribution in [0.4, 0.5) is 11.4 Å². The summed E-state index contributed by atoms with van der Waals surface area (Å²) in [7, 11) is 0. The molecule has 21 heavy (non-hydrogen) atoms. The molecule has 1 aliphatic carbocycles. The summed E-state index contributed by atoms with van der Waals surface area (Å²) in [6, 6.07) is 4.42. The maximum Gasteiger partial charge on any atom is 0.306 e. The zero-order chi connectivity index (χ0) is 15.4. The standard InChI is InChI=1S/C14H17ClN2O4/c15-10-5-6-12(13(7-10)17(20)21)16-8-9-3-1-2-4-11(9)14(18)19/h5-7,9,11,16H,1-4,8H2,(H,18,19). The van der Waals surface area contributed by atoms with E-state index in [4.69, 9.17) is 11.6 Å². The van der Waals surface area contributed by atoms with E-state index in [0.717, 1.165) is 19.3 Å². The van der Waals surface area contributed by atoms with Crippen molar-refractivity contribution < 1.29 is 14.8 Å². The highest BCUT2D eigenvalue weighted by Gasteiger charge is 2.30. The van der Waals surface area contributed by atoms with Crippen LogP contribution in [0, 0.1) is 22.0 Å². The predicted octanol–water partition coefficient (Wildman–Crippen LogP) is 3.55. The van der Waals surface area contributed by atoms with Gasteiger partial charge in [-0.15, -0.1) is 0 Å². The SMILES string of the molecule is O=C(O)C1CCCCC1CNc1ccc(Cl)cc1[N+](=O)[O-]. The number of anilines is 1. The van der Waals surface area contributed by atoms with Gasteiger partial charge >= 0.3 is 5.97 Å². The predicted molar refractivity (Wildman–Crippen MR) is 79.7 cm³/mol. The zero-order valence-corrected chi connectivity index (χ0v) is 12.2. The van der Waals surface area contributed by atoms with E-state index in [9.17, 15) is 20.0 Å². The molecule has 0 saturated heterocycles. The third-order valence-corrected chi connectivity index (χ3v) is 4.17. The van der Waals surface area contributed by atoms with E-state index in [-0.39, 0.29) is 17.5 Å². The summed E-state index contributed by atoms with van der Waals surface area (Å²) < 4.78 is 0. The van der Waals surface area contributed by atoms with Crippen LogP contribution in [-0.4, -0.2) is 22.5 Å². The van der Waals surface area contributed by atoms with Gasteiger partial charge in [-0.1, -0.05) is 24.4 Å². The number of nitrogens with zero attached hydrogens (tertiary/aromatic N) is 1. The van der Waals surface area contributed by atoms with Crippen molar-refractivity contribution >= 4 is 28.9 Å². The molecule has 0 amide bonds. The van der Waals surface area contributed by atoms with Gasteiger partial charge in [-0.3, -0.25) is 14.9 Å². The van der Waals surface area contributed by atoms with Gasteiger partial charge in [-0.25, -0.2) is 0 Å². The average Bonchev–Trinajstić information content (AvgIpc) is 2.46. The largest absolute Gasteiger partial charge is 0.481 e. The number of nitro groups is 1. The van der Waals surface area contributed by atoms with Gasteiger partial charge in [-0.05, 0) is 30.9 Å². The smallest absolute Gasteiger partial charge is 0.306 e. The first-order valence-corrected chi connectivity index (χ1v) is 7.27. The van der Waals surface area contributed by atoms with E-state index >= 15 is 0 Å². The Morgan fingerprint density at radius 1 is 1.43 bits per heavy atom. The molecule has 0 radical (unpaired) electrons. The molecule has 6 nitrogen and oxygen atoms in total. The molecule has 0 heterocycles. The Bertz CT molecular complexity index is 550. The summed E-state index contributed by atoms with van der Waals surface area (Å²) in [5.74, 6) is -1.17. The Balaban J connectivity index is 2.08. The lowest BCUT2D eigenvalue weighted by Crippen LogP contribution is -2.31. The van der Waals surface area contributed by atoms with Crippen LogP contribution in [0.1, 0.15) is 25.7 Å². The second-order valence-electron chi connectivity index (χ2n) is 5.29. The number of hydrogen-bond acceptors (Lipinski definition) is 4. The molecule has 2 unspecified atom stereocenters. The van der Waals surface area contributed by atoms with Crippen LogP contribution in [0.25, 0.3) is 0 Å². The number of nitrogens with one attached hydrogen (secondary N) is 1. The lowest BCUT2D eigenvalue weighted by molar-refractivity contribution is -0.383. The van der Waals surface area contributed by atoms with Crippen LogP contribution < -0.4 is 5.32 Å².